The van der Waals surface area contributed by atoms with Crippen molar-refractivity contribution < 1.29 is 14.3 Å². The van der Waals surface area contributed by atoms with E-state index in [1.54, 1.807) is 13.0 Å². The number of hydrogen-bond acceptors (Lipinski definition) is 3. The normalized spacial score (nSPS) is 23.1. The van der Waals surface area contributed by atoms with E-state index in [-0.39, 0.29) is 17.7 Å². The maximum absolute atomic E-state index is 12.2. The summed E-state index contributed by atoms with van der Waals surface area (Å²) in [4.78, 5) is 23.9. The molecule has 2 atom stereocenters. The molecule has 90 valence electrons. The molecule has 0 bridgehead atoms. The molecule has 0 N–H and O–H groups in total. The van der Waals surface area contributed by atoms with Gasteiger partial charge in [-0.3, -0.25) is 9.59 Å². The van der Waals surface area contributed by atoms with Gasteiger partial charge in [-0.25, -0.2) is 0 Å². The highest BCUT2D eigenvalue weighted by Crippen LogP contribution is 2.34. The topological polar surface area (TPSA) is 43.4 Å². The Kier molecular flexibility index (Phi) is 3.27. The van der Waals surface area contributed by atoms with Gasteiger partial charge in [0.2, 0.25) is 0 Å². The van der Waals surface area contributed by atoms with Crippen LogP contribution in [0, 0.1) is 5.92 Å². The summed E-state index contributed by atoms with van der Waals surface area (Å²) in [5, 5.41) is 0. The Morgan fingerprint density at radius 3 is 2.82 bits per heavy atom. The zero-order valence-corrected chi connectivity index (χ0v) is 10.1. The molecule has 0 amide bonds. The zero-order chi connectivity index (χ0) is 12.4. The Morgan fingerprint density at radius 1 is 1.41 bits per heavy atom. The molecule has 0 fully saturated rings. The van der Waals surface area contributed by atoms with Crippen molar-refractivity contribution in [2.24, 2.45) is 5.92 Å². The zero-order valence-electron chi connectivity index (χ0n) is 10.1. The van der Waals surface area contributed by atoms with E-state index in [1.165, 1.54) is 0 Å². The van der Waals surface area contributed by atoms with E-state index < -0.39 is 5.92 Å². The minimum Gasteiger partial charge on any atom is -0.465 e. The second-order valence-corrected chi connectivity index (χ2v) is 4.39. The average Bonchev–Trinajstić information content (AvgIpc) is 2.34. The molecule has 0 aromatic heterocycles. The van der Waals surface area contributed by atoms with E-state index in [0.717, 1.165) is 5.56 Å². The number of hydrogen-bond donors (Lipinski definition) is 0. The molecule has 0 aliphatic heterocycles. The molecule has 0 saturated heterocycles. The smallest absolute Gasteiger partial charge is 0.316 e. The van der Waals surface area contributed by atoms with E-state index in [2.05, 4.69) is 0 Å². The Bertz CT molecular complexity index is 451. The fourth-order valence-corrected chi connectivity index (χ4v) is 2.37. The molecule has 1 aliphatic rings. The first-order valence-electron chi connectivity index (χ1n) is 5.95. The molecule has 3 heteroatoms. The lowest BCUT2D eigenvalue weighted by molar-refractivity contribution is -0.146. The van der Waals surface area contributed by atoms with E-state index >= 15 is 0 Å². The Hall–Kier alpha value is -1.64. The summed E-state index contributed by atoms with van der Waals surface area (Å²) >= 11 is 0. The minimum atomic E-state index is -0.625. The van der Waals surface area contributed by atoms with E-state index in [4.69, 9.17) is 4.74 Å². The number of ketones is 1. The Balaban J connectivity index is 2.33. The van der Waals surface area contributed by atoms with Crippen molar-refractivity contribution in [1.82, 2.24) is 0 Å². The number of esters is 1. The van der Waals surface area contributed by atoms with Crippen molar-refractivity contribution in [3.63, 3.8) is 0 Å². The van der Waals surface area contributed by atoms with Gasteiger partial charge in [0.05, 0.1) is 6.61 Å². The largest absolute Gasteiger partial charge is 0.465 e. The van der Waals surface area contributed by atoms with Crippen molar-refractivity contribution in [3.05, 3.63) is 35.4 Å². The van der Waals surface area contributed by atoms with Crippen LogP contribution in [0.5, 0.6) is 0 Å². The second-order valence-electron chi connectivity index (χ2n) is 4.39. The van der Waals surface area contributed by atoms with Crippen LogP contribution in [0.25, 0.3) is 0 Å². The first kappa shape index (κ1) is 11.8. The third-order valence-electron chi connectivity index (χ3n) is 3.23. The lowest BCUT2D eigenvalue weighted by atomic mass is 9.77. The molecule has 1 aromatic rings. The standard InChI is InChI=1S/C14H16O3/c1-3-17-14(16)12-8-9(2)10-6-4-5-7-11(10)13(12)15/h4-7,9,12H,3,8H2,1-2H3. The lowest BCUT2D eigenvalue weighted by Crippen LogP contribution is -2.32. The molecule has 0 radical (unpaired) electrons. The Labute approximate surface area is 101 Å². The van der Waals surface area contributed by atoms with Crippen LogP contribution < -0.4 is 0 Å². The SMILES string of the molecule is CCOC(=O)C1CC(C)c2ccccc2C1=O. The van der Waals surface area contributed by atoms with Crippen LogP contribution in [0.2, 0.25) is 0 Å². The van der Waals surface area contributed by atoms with Gasteiger partial charge in [0.25, 0.3) is 0 Å². The summed E-state index contributed by atoms with van der Waals surface area (Å²) in [6.07, 6.45) is 0.550. The molecule has 2 unspecified atom stereocenters. The monoisotopic (exact) mass is 232 g/mol. The van der Waals surface area contributed by atoms with Gasteiger partial charge in [-0.15, -0.1) is 0 Å². The second kappa shape index (κ2) is 4.70. The molecular weight excluding hydrogens is 216 g/mol. The van der Waals surface area contributed by atoms with Gasteiger partial charge in [0.1, 0.15) is 5.92 Å². The van der Waals surface area contributed by atoms with Crippen LogP contribution in [0.3, 0.4) is 0 Å². The molecule has 2 rings (SSSR count). The van der Waals surface area contributed by atoms with E-state index in [0.29, 0.717) is 18.6 Å². The lowest BCUT2D eigenvalue weighted by Gasteiger charge is -2.26. The van der Waals surface area contributed by atoms with Crippen molar-refractivity contribution in [3.8, 4) is 0 Å². The molecule has 17 heavy (non-hydrogen) atoms. The van der Waals surface area contributed by atoms with Crippen LogP contribution >= 0.6 is 0 Å². The first-order valence-corrected chi connectivity index (χ1v) is 5.95. The van der Waals surface area contributed by atoms with Crippen molar-refractivity contribution in [1.29, 1.82) is 0 Å². The number of carbonyl (C=O) groups excluding carboxylic acids is 2. The highest BCUT2D eigenvalue weighted by Gasteiger charge is 2.36. The van der Waals surface area contributed by atoms with Gasteiger partial charge in [-0.1, -0.05) is 31.2 Å². The molecule has 0 heterocycles. The van der Waals surface area contributed by atoms with Gasteiger partial charge in [-0.05, 0) is 24.8 Å². The van der Waals surface area contributed by atoms with Gasteiger partial charge < -0.3 is 4.74 Å². The highest BCUT2D eigenvalue weighted by molar-refractivity contribution is 6.10. The van der Waals surface area contributed by atoms with E-state index in [9.17, 15) is 9.59 Å². The average molecular weight is 232 g/mol. The van der Waals surface area contributed by atoms with Crippen LogP contribution in [-0.2, 0) is 9.53 Å². The summed E-state index contributed by atoms with van der Waals surface area (Å²) in [6.45, 7) is 4.11. The number of ether oxygens (including phenoxy) is 1. The third kappa shape index (κ3) is 2.09. The van der Waals surface area contributed by atoms with Crippen LogP contribution in [0.15, 0.2) is 24.3 Å². The maximum atomic E-state index is 12.2. The maximum Gasteiger partial charge on any atom is 0.316 e. The van der Waals surface area contributed by atoms with E-state index in [1.807, 2.05) is 25.1 Å². The highest BCUT2D eigenvalue weighted by atomic mass is 16.5. The predicted octanol–water partition coefficient (Wildman–Crippen LogP) is 2.56. The Morgan fingerprint density at radius 2 is 2.12 bits per heavy atom. The van der Waals surface area contributed by atoms with Gasteiger partial charge in [0, 0.05) is 5.56 Å². The van der Waals surface area contributed by atoms with Crippen LogP contribution in [-0.4, -0.2) is 18.4 Å². The number of fused-ring (bicyclic) bond motifs is 1. The fourth-order valence-electron chi connectivity index (χ4n) is 2.37. The number of rotatable bonds is 2. The molecule has 1 aromatic carbocycles. The summed E-state index contributed by atoms with van der Waals surface area (Å²) in [7, 11) is 0. The summed E-state index contributed by atoms with van der Waals surface area (Å²) in [5.41, 5.74) is 1.71. The summed E-state index contributed by atoms with van der Waals surface area (Å²) in [6, 6.07) is 7.50. The van der Waals surface area contributed by atoms with Crippen molar-refractivity contribution in [2.45, 2.75) is 26.2 Å². The first-order chi connectivity index (χ1) is 8.15. The van der Waals surface area contributed by atoms with Crippen LogP contribution in [0.1, 0.15) is 42.1 Å². The predicted molar refractivity (Wildman–Crippen MR) is 63.9 cm³/mol. The molecule has 0 saturated carbocycles. The minimum absolute atomic E-state index is 0.0999. The quantitative estimate of drug-likeness (QED) is 0.581. The summed E-state index contributed by atoms with van der Waals surface area (Å²) < 4.78 is 4.96. The van der Waals surface area contributed by atoms with Crippen molar-refractivity contribution in [2.75, 3.05) is 6.61 Å². The molecule has 3 nitrogen and oxygen atoms in total. The molecule has 0 spiro atoms. The summed E-state index contributed by atoms with van der Waals surface area (Å²) in [5.74, 6) is -0.894. The van der Waals surface area contributed by atoms with Crippen molar-refractivity contribution >= 4 is 11.8 Å². The molecular formula is C14H16O3. The third-order valence-corrected chi connectivity index (χ3v) is 3.23. The van der Waals surface area contributed by atoms with Gasteiger partial charge in [-0.2, -0.15) is 0 Å². The fraction of sp³-hybridized carbons (Fsp3) is 0.429. The van der Waals surface area contributed by atoms with Gasteiger partial charge >= 0.3 is 5.97 Å². The van der Waals surface area contributed by atoms with Crippen LogP contribution in [0.4, 0.5) is 0 Å². The number of benzene rings is 1. The number of carbonyl (C=O) groups is 2. The number of Topliss-reactive ketones (excluding diaryl/α,β-unsaturated/α-hetero) is 1. The van der Waals surface area contributed by atoms with Gasteiger partial charge in [0.15, 0.2) is 5.78 Å². The molecule has 1 aliphatic carbocycles.